The van der Waals surface area contributed by atoms with E-state index in [1.165, 1.54) is 7.11 Å². The SMILES string of the molecule is COC(=O)C(NC(=O)Cc1ccccn1)c1ccccc1. The van der Waals surface area contributed by atoms with Crippen LogP contribution in [0.2, 0.25) is 0 Å². The Morgan fingerprint density at radius 3 is 2.48 bits per heavy atom. The van der Waals surface area contributed by atoms with Crippen molar-refractivity contribution in [1.82, 2.24) is 10.3 Å². The molecule has 21 heavy (non-hydrogen) atoms. The van der Waals surface area contributed by atoms with Crippen molar-refractivity contribution in [3.63, 3.8) is 0 Å². The maximum absolute atomic E-state index is 12.1. The molecule has 1 unspecified atom stereocenters. The number of carbonyl (C=O) groups excluding carboxylic acids is 2. The maximum atomic E-state index is 12.1. The molecule has 1 N–H and O–H groups in total. The molecule has 0 radical (unpaired) electrons. The molecule has 0 saturated heterocycles. The van der Waals surface area contributed by atoms with Crippen molar-refractivity contribution >= 4 is 11.9 Å². The number of nitrogens with one attached hydrogen (secondary N) is 1. The number of rotatable bonds is 5. The molecule has 108 valence electrons. The van der Waals surface area contributed by atoms with Crippen molar-refractivity contribution in [1.29, 1.82) is 0 Å². The number of benzene rings is 1. The van der Waals surface area contributed by atoms with Crippen LogP contribution in [0.15, 0.2) is 54.7 Å². The Morgan fingerprint density at radius 2 is 1.86 bits per heavy atom. The summed E-state index contributed by atoms with van der Waals surface area (Å²) in [6, 6.07) is 13.5. The fourth-order valence-corrected chi connectivity index (χ4v) is 1.92. The van der Waals surface area contributed by atoms with Gasteiger partial charge in [0.2, 0.25) is 5.91 Å². The second-order valence-corrected chi connectivity index (χ2v) is 4.43. The van der Waals surface area contributed by atoms with E-state index < -0.39 is 12.0 Å². The van der Waals surface area contributed by atoms with Crippen molar-refractivity contribution in [2.45, 2.75) is 12.5 Å². The fourth-order valence-electron chi connectivity index (χ4n) is 1.92. The van der Waals surface area contributed by atoms with E-state index >= 15 is 0 Å². The molecule has 2 aromatic rings. The molecule has 1 atom stereocenters. The van der Waals surface area contributed by atoms with Gasteiger partial charge < -0.3 is 10.1 Å². The van der Waals surface area contributed by atoms with E-state index in [4.69, 9.17) is 4.74 Å². The lowest BCUT2D eigenvalue weighted by atomic mass is 10.1. The highest BCUT2D eigenvalue weighted by molar-refractivity contribution is 5.86. The molecular formula is C16H16N2O3. The van der Waals surface area contributed by atoms with E-state index in [2.05, 4.69) is 10.3 Å². The molecule has 5 heteroatoms. The molecule has 2 rings (SSSR count). The van der Waals surface area contributed by atoms with E-state index in [-0.39, 0.29) is 12.3 Å². The number of hydrogen-bond acceptors (Lipinski definition) is 4. The number of ether oxygens (including phenoxy) is 1. The first-order chi connectivity index (χ1) is 10.2. The number of aromatic nitrogens is 1. The molecule has 0 fully saturated rings. The van der Waals surface area contributed by atoms with Gasteiger partial charge in [-0.2, -0.15) is 0 Å². The normalized spacial score (nSPS) is 11.5. The zero-order valence-corrected chi connectivity index (χ0v) is 11.7. The van der Waals surface area contributed by atoms with E-state index in [1.54, 1.807) is 42.6 Å². The second-order valence-electron chi connectivity index (χ2n) is 4.43. The number of amides is 1. The molecule has 0 aliphatic heterocycles. The van der Waals surface area contributed by atoms with Crippen molar-refractivity contribution in [2.75, 3.05) is 7.11 Å². The predicted molar refractivity (Wildman–Crippen MR) is 77.3 cm³/mol. The third-order valence-electron chi connectivity index (χ3n) is 2.94. The second kappa shape index (κ2) is 7.19. The Labute approximate surface area is 123 Å². The fraction of sp³-hybridized carbons (Fsp3) is 0.188. The summed E-state index contributed by atoms with van der Waals surface area (Å²) in [5.41, 5.74) is 1.32. The highest BCUT2D eigenvalue weighted by Crippen LogP contribution is 2.14. The molecule has 1 aromatic carbocycles. The third-order valence-corrected chi connectivity index (χ3v) is 2.94. The van der Waals surface area contributed by atoms with Gasteiger partial charge in [-0.15, -0.1) is 0 Å². The van der Waals surface area contributed by atoms with Gasteiger partial charge in [-0.1, -0.05) is 36.4 Å². The van der Waals surface area contributed by atoms with Gasteiger partial charge in [-0.3, -0.25) is 9.78 Å². The number of hydrogen-bond donors (Lipinski definition) is 1. The lowest BCUT2D eigenvalue weighted by Crippen LogP contribution is -2.35. The number of pyridine rings is 1. The van der Waals surface area contributed by atoms with Crippen LogP contribution in [0.4, 0.5) is 0 Å². The maximum Gasteiger partial charge on any atom is 0.333 e. The van der Waals surface area contributed by atoms with Crippen LogP contribution in [0.5, 0.6) is 0 Å². The Balaban J connectivity index is 2.09. The zero-order valence-electron chi connectivity index (χ0n) is 11.7. The van der Waals surface area contributed by atoms with Crippen LogP contribution in [-0.2, 0) is 20.7 Å². The average molecular weight is 284 g/mol. The Hall–Kier alpha value is -2.69. The summed E-state index contributed by atoms with van der Waals surface area (Å²) in [6.07, 6.45) is 1.73. The minimum Gasteiger partial charge on any atom is -0.467 e. The van der Waals surface area contributed by atoms with Crippen LogP contribution in [0.3, 0.4) is 0 Å². The van der Waals surface area contributed by atoms with Gasteiger partial charge in [-0.25, -0.2) is 4.79 Å². The molecule has 5 nitrogen and oxygen atoms in total. The standard InChI is InChI=1S/C16H16N2O3/c1-21-16(20)15(12-7-3-2-4-8-12)18-14(19)11-13-9-5-6-10-17-13/h2-10,15H,11H2,1H3,(H,18,19). The third kappa shape index (κ3) is 4.14. The van der Waals surface area contributed by atoms with Gasteiger partial charge in [0.25, 0.3) is 0 Å². The topological polar surface area (TPSA) is 68.3 Å². The molecular weight excluding hydrogens is 268 g/mol. The first-order valence-electron chi connectivity index (χ1n) is 6.52. The Kier molecular flexibility index (Phi) is 5.04. The highest BCUT2D eigenvalue weighted by Gasteiger charge is 2.23. The Morgan fingerprint density at radius 1 is 1.14 bits per heavy atom. The number of esters is 1. The first-order valence-corrected chi connectivity index (χ1v) is 6.52. The summed E-state index contributed by atoms with van der Waals surface area (Å²) in [5.74, 6) is -0.788. The molecule has 0 aliphatic rings. The molecule has 0 saturated carbocycles. The van der Waals surface area contributed by atoms with Crippen molar-refractivity contribution < 1.29 is 14.3 Å². The number of nitrogens with zero attached hydrogens (tertiary/aromatic N) is 1. The summed E-state index contributed by atoms with van der Waals surface area (Å²) in [4.78, 5) is 28.0. The summed E-state index contributed by atoms with van der Waals surface area (Å²) < 4.78 is 4.75. The summed E-state index contributed by atoms with van der Waals surface area (Å²) >= 11 is 0. The lowest BCUT2D eigenvalue weighted by Gasteiger charge is -2.16. The van der Waals surface area contributed by atoms with Gasteiger partial charge in [-0.05, 0) is 17.7 Å². The number of carbonyl (C=O) groups is 2. The average Bonchev–Trinajstić information content (AvgIpc) is 2.53. The molecule has 1 heterocycles. The van der Waals surface area contributed by atoms with Crippen molar-refractivity contribution in [3.8, 4) is 0 Å². The summed E-state index contributed by atoms with van der Waals surface area (Å²) in [6.45, 7) is 0. The van der Waals surface area contributed by atoms with Gasteiger partial charge in [0.05, 0.1) is 13.5 Å². The zero-order chi connectivity index (χ0) is 15.1. The van der Waals surface area contributed by atoms with Crippen LogP contribution in [0.1, 0.15) is 17.3 Å². The minimum absolute atomic E-state index is 0.112. The molecule has 0 bridgehead atoms. The van der Waals surface area contributed by atoms with Gasteiger partial charge in [0.15, 0.2) is 6.04 Å². The van der Waals surface area contributed by atoms with E-state index in [0.717, 1.165) is 0 Å². The number of methoxy groups -OCH3 is 1. The predicted octanol–water partition coefficient (Wildman–Crippen LogP) is 1.65. The lowest BCUT2D eigenvalue weighted by molar-refractivity contribution is -0.145. The smallest absolute Gasteiger partial charge is 0.333 e. The van der Waals surface area contributed by atoms with Crippen LogP contribution in [0, 0.1) is 0 Å². The summed E-state index contributed by atoms with van der Waals surface area (Å²) in [7, 11) is 1.29. The van der Waals surface area contributed by atoms with Crippen molar-refractivity contribution in [3.05, 3.63) is 66.0 Å². The highest BCUT2D eigenvalue weighted by atomic mass is 16.5. The van der Waals surface area contributed by atoms with Gasteiger partial charge in [0, 0.05) is 11.9 Å². The first kappa shape index (κ1) is 14.7. The largest absolute Gasteiger partial charge is 0.467 e. The van der Waals surface area contributed by atoms with Crippen molar-refractivity contribution in [2.24, 2.45) is 0 Å². The van der Waals surface area contributed by atoms with E-state index in [9.17, 15) is 9.59 Å². The molecule has 0 spiro atoms. The van der Waals surface area contributed by atoms with Gasteiger partial charge >= 0.3 is 5.97 Å². The minimum atomic E-state index is -0.813. The monoisotopic (exact) mass is 284 g/mol. The molecule has 1 aromatic heterocycles. The van der Waals surface area contributed by atoms with Crippen LogP contribution < -0.4 is 5.32 Å². The Bertz CT molecular complexity index is 599. The van der Waals surface area contributed by atoms with E-state index in [0.29, 0.717) is 11.3 Å². The van der Waals surface area contributed by atoms with Crippen LogP contribution >= 0.6 is 0 Å². The van der Waals surface area contributed by atoms with Crippen LogP contribution in [-0.4, -0.2) is 24.0 Å². The molecule has 0 aliphatic carbocycles. The quantitative estimate of drug-likeness (QED) is 0.848. The summed E-state index contributed by atoms with van der Waals surface area (Å²) in [5, 5.41) is 2.68. The van der Waals surface area contributed by atoms with Gasteiger partial charge in [0.1, 0.15) is 0 Å². The van der Waals surface area contributed by atoms with E-state index in [1.807, 2.05) is 12.1 Å². The molecule has 1 amide bonds. The van der Waals surface area contributed by atoms with Crippen LogP contribution in [0.25, 0.3) is 0 Å².